The summed E-state index contributed by atoms with van der Waals surface area (Å²) in [5.41, 5.74) is 3.49. The minimum atomic E-state index is -3.27. The standard InChI is InChI=1S/C17H23N3O3S/c1-12-13(2)19-16-14(12)6-5-7-15(16)17(21)18-8-11-24(22,23)20-9-3-4-10-20/h5-7,19H,3-4,8-11H2,1-2H3,(H,18,21). The summed E-state index contributed by atoms with van der Waals surface area (Å²) in [5.74, 6) is -0.309. The lowest BCUT2D eigenvalue weighted by Crippen LogP contribution is -2.36. The molecule has 0 unspecified atom stereocenters. The number of aromatic amines is 1. The largest absolute Gasteiger partial charge is 0.358 e. The van der Waals surface area contributed by atoms with Gasteiger partial charge in [-0.05, 0) is 38.3 Å². The van der Waals surface area contributed by atoms with E-state index in [1.54, 1.807) is 6.07 Å². The van der Waals surface area contributed by atoms with Crippen molar-refractivity contribution < 1.29 is 13.2 Å². The fraction of sp³-hybridized carbons (Fsp3) is 0.471. The van der Waals surface area contributed by atoms with Crippen LogP contribution in [-0.2, 0) is 10.0 Å². The van der Waals surface area contributed by atoms with Crippen LogP contribution < -0.4 is 5.32 Å². The van der Waals surface area contributed by atoms with Gasteiger partial charge in [-0.2, -0.15) is 0 Å². The fourth-order valence-electron chi connectivity index (χ4n) is 3.16. The zero-order chi connectivity index (χ0) is 17.3. The number of nitrogens with one attached hydrogen (secondary N) is 2. The van der Waals surface area contributed by atoms with Crippen molar-refractivity contribution in [2.45, 2.75) is 26.7 Å². The zero-order valence-corrected chi connectivity index (χ0v) is 14.9. The van der Waals surface area contributed by atoms with Gasteiger partial charge in [0.15, 0.2) is 0 Å². The smallest absolute Gasteiger partial charge is 0.253 e. The molecule has 6 nitrogen and oxygen atoms in total. The Morgan fingerprint density at radius 2 is 1.96 bits per heavy atom. The summed E-state index contributed by atoms with van der Waals surface area (Å²) in [7, 11) is -3.27. The van der Waals surface area contributed by atoms with Gasteiger partial charge in [0.25, 0.3) is 5.91 Å². The van der Waals surface area contributed by atoms with Gasteiger partial charge in [-0.1, -0.05) is 12.1 Å². The number of benzene rings is 1. The van der Waals surface area contributed by atoms with E-state index in [0.717, 1.165) is 35.0 Å². The SMILES string of the molecule is Cc1[nH]c2c(C(=O)NCCS(=O)(=O)N3CCCC3)cccc2c1C. The van der Waals surface area contributed by atoms with E-state index in [0.29, 0.717) is 18.7 Å². The molecule has 0 saturated carbocycles. The number of hydrogen-bond donors (Lipinski definition) is 2. The van der Waals surface area contributed by atoms with Gasteiger partial charge in [-0.25, -0.2) is 12.7 Å². The average molecular weight is 349 g/mol. The maximum Gasteiger partial charge on any atom is 0.253 e. The molecule has 1 aliphatic rings. The fourth-order valence-corrected chi connectivity index (χ4v) is 4.59. The van der Waals surface area contributed by atoms with Gasteiger partial charge in [0.2, 0.25) is 10.0 Å². The van der Waals surface area contributed by atoms with Crippen molar-refractivity contribution >= 4 is 26.8 Å². The van der Waals surface area contributed by atoms with Gasteiger partial charge in [-0.15, -0.1) is 0 Å². The first kappa shape index (κ1) is 17.0. The van der Waals surface area contributed by atoms with Crippen LogP contribution >= 0.6 is 0 Å². The number of carbonyl (C=O) groups is 1. The molecular formula is C17H23N3O3S. The summed E-state index contributed by atoms with van der Waals surface area (Å²) in [5, 5.41) is 3.75. The summed E-state index contributed by atoms with van der Waals surface area (Å²) in [6.45, 7) is 5.29. The van der Waals surface area contributed by atoms with Crippen molar-refractivity contribution in [3.8, 4) is 0 Å². The molecule has 7 heteroatoms. The third-order valence-electron chi connectivity index (χ3n) is 4.69. The number of rotatable bonds is 5. The maximum absolute atomic E-state index is 12.4. The Bertz CT molecular complexity index is 865. The highest BCUT2D eigenvalue weighted by atomic mass is 32.2. The topological polar surface area (TPSA) is 82.3 Å². The Morgan fingerprint density at radius 1 is 1.25 bits per heavy atom. The van der Waals surface area contributed by atoms with Crippen LogP contribution in [0.15, 0.2) is 18.2 Å². The number of carbonyl (C=O) groups excluding carboxylic acids is 1. The molecule has 1 amide bonds. The van der Waals surface area contributed by atoms with E-state index >= 15 is 0 Å². The van der Waals surface area contributed by atoms with Crippen molar-refractivity contribution in [3.05, 3.63) is 35.0 Å². The summed E-state index contributed by atoms with van der Waals surface area (Å²) in [6, 6.07) is 5.57. The van der Waals surface area contributed by atoms with Crippen LogP contribution in [0.5, 0.6) is 0 Å². The summed E-state index contributed by atoms with van der Waals surface area (Å²) in [4.78, 5) is 15.7. The Balaban J connectivity index is 1.69. The normalized spacial score (nSPS) is 15.9. The quantitative estimate of drug-likeness (QED) is 0.865. The van der Waals surface area contributed by atoms with Gasteiger partial charge in [0.1, 0.15) is 0 Å². The number of hydrogen-bond acceptors (Lipinski definition) is 3. The number of nitrogens with zero attached hydrogens (tertiary/aromatic N) is 1. The minimum Gasteiger partial charge on any atom is -0.358 e. The Kier molecular flexibility index (Phi) is 4.64. The predicted octanol–water partition coefficient (Wildman–Crippen LogP) is 1.94. The third kappa shape index (κ3) is 3.18. The molecule has 2 heterocycles. The van der Waals surface area contributed by atoms with Crippen LogP contribution in [0.2, 0.25) is 0 Å². The molecule has 2 N–H and O–H groups in total. The van der Waals surface area contributed by atoms with Crippen molar-refractivity contribution in [2.24, 2.45) is 0 Å². The molecule has 1 aromatic heterocycles. The van der Waals surface area contributed by atoms with E-state index in [4.69, 9.17) is 0 Å². The first-order valence-corrected chi connectivity index (χ1v) is 9.85. The molecule has 1 aliphatic heterocycles. The lowest BCUT2D eigenvalue weighted by atomic mass is 10.1. The number of aryl methyl sites for hydroxylation is 2. The molecule has 1 aromatic carbocycles. The van der Waals surface area contributed by atoms with Crippen molar-refractivity contribution in [1.82, 2.24) is 14.6 Å². The Hall–Kier alpha value is -1.86. The van der Waals surface area contributed by atoms with Crippen LogP contribution in [0.1, 0.15) is 34.5 Å². The van der Waals surface area contributed by atoms with Gasteiger partial charge in [0, 0.05) is 30.7 Å². The molecule has 0 bridgehead atoms. The van der Waals surface area contributed by atoms with Gasteiger partial charge in [-0.3, -0.25) is 4.79 Å². The second-order valence-corrected chi connectivity index (χ2v) is 8.37. The van der Waals surface area contributed by atoms with Gasteiger partial charge >= 0.3 is 0 Å². The highest BCUT2D eigenvalue weighted by molar-refractivity contribution is 7.89. The molecule has 0 radical (unpaired) electrons. The summed E-state index contributed by atoms with van der Waals surface area (Å²) < 4.78 is 25.9. The van der Waals surface area contributed by atoms with Crippen LogP contribution in [0, 0.1) is 13.8 Å². The first-order chi connectivity index (χ1) is 11.4. The molecule has 0 aliphatic carbocycles. The van der Waals surface area contributed by atoms with Crippen LogP contribution in [-0.4, -0.2) is 49.0 Å². The molecule has 1 saturated heterocycles. The lowest BCUT2D eigenvalue weighted by Gasteiger charge is -2.15. The molecule has 1 fully saturated rings. The maximum atomic E-state index is 12.4. The number of amides is 1. The monoisotopic (exact) mass is 349 g/mol. The summed E-state index contributed by atoms with van der Waals surface area (Å²) in [6.07, 6.45) is 1.83. The number of H-pyrrole nitrogens is 1. The van der Waals surface area contributed by atoms with Crippen molar-refractivity contribution in [3.63, 3.8) is 0 Å². The molecule has 0 spiro atoms. The molecule has 3 rings (SSSR count). The van der Waals surface area contributed by atoms with E-state index < -0.39 is 10.0 Å². The average Bonchev–Trinajstić information content (AvgIpc) is 3.17. The van der Waals surface area contributed by atoms with Crippen molar-refractivity contribution in [1.29, 1.82) is 0 Å². The number of aromatic nitrogens is 1. The molecule has 2 aromatic rings. The highest BCUT2D eigenvalue weighted by Gasteiger charge is 2.25. The van der Waals surface area contributed by atoms with Gasteiger partial charge < -0.3 is 10.3 Å². The second-order valence-electron chi connectivity index (χ2n) is 6.28. The Labute approximate surface area is 142 Å². The number of para-hydroxylation sites is 1. The molecule has 24 heavy (non-hydrogen) atoms. The van der Waals surface area contributed by atoms with E-state index in [1.165, 1.54) is 4.31 Å². The van der Waals surface area contributed by atoms with E-state index in [1.807, 2.05) is 26.0 Å². The highest BCUT2D eigenvalue weighted by Crippen LogP contribution is 2.24. The second kappa shape index (κ2) is 6.57. The molecule has 0 atom stereocenters. The van der Waals surface area contributed by atoms with E-state index in [-0.39, 0.29) is 18.2 Å². The van der Waals surface area contributed by atoms with Crippen LogP contribution in [0.25, 0.3) is 10.9 Å². The third-order valence-corrected chi connectivity index (χ3v) is 6.56. The van der Waals surface area contributed by atoms with Crippen molar-refractivity contribution in [2.75, 3.05) is 25.4 Å². The number of fused-ring (bicyclic) bond motifs is 1. The Morgan fingerprint density at radius 3 is 2.67 bits per heavy atom. The molecular weight excluding hydrogens is 326 g/mol. The lowest BCUT2D eigenvalue weighted by molar-refractivity contribution is 0.0957. The van der Waals surface area contributed by atoms with Crippen LogP contribution in [0.4, 0.5) is 0 Å². The van der Waals surface area contributed by atoms with E-state index in [9.17, 15) is 13.2 Å². The minimum absolute atomic E-state index is 0.0580. The summed E-state index contributed by atoms with van der Waals surface area (Å²) >= 11 is 0. The number of sulfonamides is 1. The van der Waals surface area contributed by atoms with Crippen LogP contribution in [0.3, 0.4) is 0 Å². The van der Waals surface area contributed by atoms with Gasteiger partial charge in [0.05, 0.1) is 16.8 Å². The molecule has 130 valence electrons. The predicted molar refractivity (Wildman–Crippen MR) is 94.7 cm³/mol. The van der Waals surface area contributed by atoms with E-state index in [2.05, 4.69) is 10.3 Å². The zero-order valence-electron chi connectivity index (χ0n) is 14.1. The first-order valence-electron chi connectivity index (χ1n) is 8.24.